The number of benzene rings is 2. The summed E-state index contributed by atoms with van der Waals surface area (Å²) in [4.78, 5) is 21.8. The molecule has 0 aliphatic heterocycles. The molecular formula is C16H8N4OS. The van der Waals surface area contributed by atoms with Gasteiger partial charge in [-0.25, -0.2) is 9.97 Å². The molecule has 0 spiro atoms. The molecule has 2 aromatic heterocycles. The third-order valence-corrected chi connectivity index (χ3v) is 4.53. The van der Waals surface area contributed by atoms with E-state index >= 15 is 0 Å². The van der Waals surface area contributed by atoms with Gasteiger partial charge in [0.25, 0.3) is 0 Å². The molecule has 0 bridgehead atoms. The smallest absolute Gasteiger partial charge is 0.214 e. The molecule has 22 heavy (non-hydrogen) atoms. The summed E-state index contributed by atoms with van der Waals surface area (Å²) in [6, 6.07) is 9.45. The molecule has 0 saturated carbocycles. The molecule has 1 aliphatic rings. The van der Waals surface area contributed by atoms with E-state index in [2.05, 4.69) is 13.7 Å². The van der Waals surface area contributed by atoms with Crippen LogP contribution in [0.3, 0.4) is 0 Å². The highest BCUT2D eigenvalue weighted by atomic mass is 32.1. The van der Waals surface area contributed by atoms with Crippen molar-refractivity contribution in [2.24, 2.45) is 0 Å². The van der Waals surface area contributed by atoms with Gasteiger partial charge in [-0.05, 0) is 18.6 Å². The van der Waals surface area contributed by atoms with E-state index in [0.29, 0.717) is 22.5 Å². The highest BCUT2D eigenvalue weighted by Gasteiger charge is 2.30. The predicted molar refractivity (Wildman–Crippen MR) is 84.1 cm³/mol. The zero-order chi connectivity index (χ0) is 14.8. The van der Waals surface area contributed by atoms with E-state index in [1.54, 1.807) is 0 Å². The molecule has 0 radical (unpaired) electrons. The molecule has 104 valence electrons. The molecule has 0 N–H and O–H groups in total. The second-order valence-electron chi connectivity index (χ2n) is 5.32. The Morgan fingerprint density at radius 1 is 0.909 bits per heavy atom. The van der Waals surface area contributed by atoms with Crippen LogP contribution in [-0.2, 0) is 0 Å². The first-order chi connectivity index (χ1) is 10.7. The minimum atomic E-state index is -0.0723. The summed E-state index contributed by atoms with van der Waals surface area (Å²) < 4.78 is 8.62. The largest absolute Gasteiger partial charge is 0.287 e. The summed E-state index contributed by atoms with van der Waals surface area (Å²) in [5.74, 6) is -0.0723. The van der Waals surface area contributed by atoms with Crippen LogP contribution >= 0.6 is 11.7 Å². The molecule has 6 heteroatoms. The Labute approximate surface area is 129 Å². The number of fused-ring (bicyclic) bond motifs is 6. The number of ketones is 1. The third-order valence-electron chi connectivity index (χ3n) is 4.00. The van der Waals surface area contributed by atoms with Gasteiger partial charge >= 0.3 is 0 Å². The monoisotopic (exact) mass is 304 g/mol. The summed E-state index contributed by atoms with van der Waals surface area (Å²) in [5, 5.41) is 0. The molecule has 1 aliphatic carbocycles. The first-order valence-corrected chi connectivity index (χ1v) is 7.55. The van der Waals surface area contributed by atoms with Crippen LogP contribution in [0, 0.1) is 6.92 Å². The van der Waals surface area contributed by atoms with E-state index in [1.807, 2.05) is 37.3 Å². The molecule has 2 heterocycles. The number of hydrogen-bond donors (Lipinski definition) is 0. The number of aryl methyl sites for hydroxylation is 1. The standard InChI is InChI=1S/C16H8N4OS/c1-7-6-10-13(14-11(7)19-22-20-14)18-15-12(17-10)8-4-2-3-5-9(8)16(15)21/h2-6H,1H3. The topological polar surface area (TPSA) is 68.6 Å². The van der Waals surface area contributed by atoms with Crippen molar-refractivity contribution >= 4 is 39.6 Å². The minimum absolute atomic E-state index is 0.0723. The molecule has 5 nitrogen and oxygen atoms in total. The molecule has 0 atom stereocenters. The lowest BCUT2D eigenvalue weighted by Gasteiger charge is -2.03. The van der Waals surface area contributed by atoms with Crippen LogP contribution in [0.2, 0.25) is 0 Å². The lowest BCUT2D eigenvalue weighted by Crippen LogP contribution is -2.00. The van der Waals surface area contributed by atoms with Crippen molar-refractivity contribution in [1.29, 1.82) is 0 Å². The normalized spacial score (nSPS) is 12.9. The van der Waals surface area contributed by atoms with Crippen LogP contribution in [0.1, 0.15) is 21.6 Å². The molecule has 2 aromatic carbocycles. The lowest BCUT2D eigenvalue weighted by molar-refractivity contribution is 0.103. The van der Waals surface area contributed by atoms with Crippen molar-refractivity contribution in [2.75, 3.05) is 0 Å². The van der Waals surface area contributed by atoms with Crippen molar-refractivity contribution < 1.29 is 4.79 Å². The Balaban J connectivity index is 1.96. The van der Waals surface area contributed by atoms with Crippen LogP contribution in [0.15, 0.2) is 30.3 Å². The zero-order valence-electron chi connectivity index (χ0n) is 11.5. The maximum absolute atomic E-state index is 12.5. The average Bonchev–Trinajstić information content (AvgIpc) is 3.12. The summed E-state index contributed by atoms with van der Waals surface area (Å²) in [5.41, 5.74) is 6.55. The van der Waals surface area contributed by atoms with E-state index in [9.17, 15) is 4.79 Å². The maximum atomic E-state index is 12.5. The molecular weight excluding hydrogens is 296 g/mol. The number of rotatable bonds is 0. The van der Waals surface area contributed by atoms with Crippen molar-refractivity contribution in [2.45, 2.75) is 6.92 Å². The Bertz CT molecular complexity index is 1120. The van der Waals surface area contributed by atoms with Crippen LogP contribution in [0.5, 0.6) is 0 Å². The molecule has 0 unspecified atom stereocenters. The van der Waals surface area contributed by atoms with Crippen LogP contribution in [-0.4, -0.2) is 24.5 Å². The fraction of sp³-hybridized carbons (Fsp3) is 0.0625. The summed E-state index contributed by atoms with van der Waals surface area (Å²) in [6.45, 7) is 1.98. The quantitative estimate of drug-likeness (QED) is 0.439. The van der Waals surface area contributed by atoms with Gasteiger partial charge in [0.1, 0.15) is 27.9 Å². The number of carbonyl (C=O) groups excluding carboxylic acids is 1. The summed E-state index contributed by atoms with van der Waals surface area (Å²) in [6.07, 6.45) is 0. The lowest BCUT2D eigenvalue weighted by atomic mass is 10.1. The van der Waals surface area contributed by atoms with Crippen LogP contribution in [0.25, 0.3) is 33.3 Å². The van der Waals surface area contributed by atoms with Gasteiger partial charge in [0.05, 0.1) is 17.2 Å². The number of nitrogens with zero attached hydrogens (tertiary/aromatic N) is 4. The first kappa shape index (κ1) is 11.9. The number of aromatic nitrogens is 4. The summed E-state index contributed by atoms with van der Waals surface area (Å²) in [7, 11) is 0. The second kappa shape index (κ2) is 3.92. The Morgan fingerprint density at radius 3 is 2.55 bits per heavy atom. The molecule has 0 saturated heterocycles. The Kier molecular flexibility index (Phi) is 2.12. The van der Waals surface area contributed by atoms with Gasteiger partial charge in [-0.1, -0.05) is 24.3 Å². The van der Waals surface area contributed by atoms with Gasteiger partial charge in [0, 0.05) is 11.1 Å². The third kappa shape index (κ3) is 1.35. The predicted octanol–water partition coefficient (Wildman–Crippen LogP) is 3.15. The van der Waals surface area contributed by atoms with E-state index in [0.717, 1.165) is 39.4 Å². The first-order valence-electron chi connectivity index (χ1n) is 6.82. The Morgan fingerprint density at radius 2 is 1.68 bits per heavy atom. The number of hydrogen-bond acceptors (Lipinski definition) is 6. The second-order valence-corrected chi connectivity index (χ2v) is 5.85. The van der Waals surface area contributed by atoms with Gasteiger partial charge in [0.15, 0.2) is 0 Å². The van der Waals surface area contributed by atoms with E-state index in [-0.39, 0.29) is 5.78 Å². The SMILES string of the molecule is Cc1cc2nc3c(nc2c2nsnc12)C(=O)c1ccccc1-3. The van der Waals surface area contributed by atoms with Crippen molar-refractivity contribution in [3.63, 3.8) is 0 Å². The van der Waals surface area contributed by atoms with Gasteiger partial charge < -0.3 is 0 Å². The summed E-state index contributed by atoms with van der Waals surface area (Å²) >= 11 is 1.15. The van der Waals surface area contributed by atoms with Crippen LogP contribution < -0.4 is 0 Å². The minimum Gasteiger partial charge on any atom is -0.287 e. The fourth-order valence-electron chi connectivity index (χ4n) is 2.96. The van der Waals surface area contributed by atoms with Gasteiger partial charge in [0.2, 0.25) is 5.78 Å². The van der Waals surface area contributed by atoms with E-state index < -0.39 is 0 Å². The molecule has 0 fully saturated rings. The maximum Gasteiger partial charge on any atom is 0.214 e. The van der Waals surface area contributed by atoms with Gasteiger partial charge in [-0.3, -0.25) is 4.79 Å². The number of carbonyl (C=O) groups is 1. The van der Waals surface area contributed by atoms with Crippen molar-refractivity contribution in [3.05, 3.63) is 47.2 Å². The fourth-order valence-corrected chi connectivity index (χ4v) is 3.57. The highest BCUT2D eigenvalue weighted by Crippen LogP contribution is 2.36. The van der Waals surface area contributed by atoms with Crippen molar-refractivity contribution in [1.82, 2.24) is 18.7 Å². The van der Waals surface area contributed by atoms with Gasteiger partial charge in [-0.2, -0.15) is 8.75 Å². The van der Waals surface area contributed by atoms with Gasteiger partial charge in [-0.15, -0.1) is 0 Å². The van der Waals surface area contributed by atoms with Crippen molar-refractivity contribution in [3.8, 4) is 11.3 Å². The van der Waals surface area contributed by atoms with E-state index in [1.165, 1.54) is 0 Å². The highest BCUT2D eigenvalue weighted by molar-refractivity contribution is 7.00. The van der Waals surface area contributed by atoms with E-state index in [4.69, 9.17) is 4.98 Å². The molecule has 5 rings (SSSR count). The molecule has 0 amide bonds. The zero-order valence-corrected chi connectivity index (χ0v) is 12.3. The molecule has 4 aromatic rings. The Hall–Kier alpha value is -2.73. The average molecular weight is 304 g/mol. The van der Waals surface area contributed by atoms with Crippen LogP contribution in [0.4, 0.5) is 0 Å².